The van der Waals surface area contributed by atoms with E-state index in [4.69, 9.17) is 11.5 Å². The molecule has 2 nitrogen and oxygen atoms in total. The van der Waals surface area contributed by atoms with E-state index < -0.39 is 6.10 Å². The molecule has 0 amide bonds. The SMILES string of the molecule is C#CC(=O)CC.C#CC(O)CC. The van der Waals surface area contributed by atoms with Crippen molar-refractivity contribution in [2.75, 3.05) is 0 Å². The van der Waals surface area contributed by atoms with Crippen molar-refractivity contribution in [2.45, 2.75) is 32.8 Å². The summed E-state index contributed by atoms with van der Waals surface area (Å²) >= 11 is 0. The summed E-state index contributed by atoms with van der Waals surface area (Å²) < 4.78 is 0. The van der Waals surface area contributed by atoms with Crippen LogP contribution in [0.1, 0.15) is 26.7 Å². The van der Waals surface area contributed by atoms with E-state index in [1.165, 1.54) is 0 Å². The Morgan fingerprint density at radius 3 is 2.00 bits per heavy atom. The molecule has 0 fully saturated rings. The summed E-state index contributed by atoms with van der Waals surface area (Å²) in [5.41, 5.74) is 0. The number of terminal acetylenes is 2. The average molecular weight is 166 g/mol. The summed E-state index contributed by atoms with van der Waals surface area (Å²) in [5.74, 6) is 4.02. The van der Waals surface area contributed by atoms with E-state index in [-0.39, 0.29) is 5.78 Å². The minimum Gasteiger partial charge on any atom is -0.380 e. The number of carbonyl (C=O) groups is 1. The minimum atomic E-state index is -0.537. The molecule has 1 N–H and O–H groups in total. The molecule has 0 saturated heterocycles. The van der Waals surface area contributed by atoms with Gasteiger partial charge in [-0.15, -0.1) is 12.8 Å². The standard InChI is InChI=1S/C5H8O.C5H6O/c2*1-3-5(6)4-2/h1,5-6H,4H2,2H3;1H,4H2,2H3. The van der Waals surface area contributed by atoms with E-state index in [1.54, 1.807) is 6.92 Å². The van der Waals surface area contributed by atoms with Gasteiger partial charge in [0.25, 0.3) is 0 Å². The minimum absolute atomic E-state index is 0.130. The Hall–Kier alpha value is -1.25. The number of Topliss-reactive ketones (excluding diaryl/α,β-unsaturated/α-hetero) is 1. The molecule has 0 aliphatic rings. The molecule has 0 radical (unpaired) electrons. The maximum Gasteiger partial charge on any atom is 0.204 e. The van der Waals surface area contributed by atoms with Crippen LogP contribution in [0.4, 0.5) is 0 Å². The summed E-state index contributed by atoms with van der Waals surface area (Å²) in [6, 6.07) is 0. The van der Waals surface area contributed by atoms with Crippen molar-refractivity contribution < 1.29 is 9.90 Å². The first kappa shape index (κ1) is 13.3. The Labute approximate surface area is 74.0 Å². The summed E-state index contributed by atoms with van der Waals surface area (Å²) in [6.45, 7) is 3.58. The molecule has 0 aromatic heterocycles. The van der Waals surface area contributed by atoms with E-state index in [0.717, 1.165) is 0 Å². The highest BCUT2D eigenvalue weighted by Gasteiger charge is 1.86. The molecule has 0 aliphatic carbocycles. The van der Waals surface area contributed by atoms with Crippen molar-refractivity contribution in [2.24, 2.45) is 0 Å². The molecule has 0 aliphatic heterocycles. The van der Waals surface area contributed by atoms with Gasteiger partial charge < -0.3 is 5.11 Å². The van der Waals surface area contributed by atoms with Gasteiger partial charge in [-0.3, -0.25) is 4.79 Å². The first-order valence-corrected chi connectivity index (χ1v) is 3.75. The zero-order valence-corrected chi connectivity index (χ0v) is 7.50. The van der Waals surface area contributed by atoms with Crippen molar-refractivity contribution in [3.05, 3.63) is 0 Å². The van der Waals surface area contributed by atoms with Crippen molar-refractivity contribution in [1.82, 2.24) is 0 Å². The van der Waals surface area contributed by atoms with Gasteiger partial charge in [0.15, 0.2) is 0 Å². The Morgan fingerprint density at radius 2 is 2.00 bits per heavy atom. The van der Waals surface area contributed by atoms with Gasteiger partial charge in [-0.1, -0.05) is 19.8 Å². The predicted molar refractivity (Wildman–Crippen MR) is 49.3 cm³/mol. The van der Waals surface area contributed by atoms with Crippen LogP contribution >= 0.6 is 0 Å². The largest absolute Gasteiger partial charge is 0.380 e. The lowest BCUT2D eigenvalue weighted by atomic mass is 10.3. The molecule has 2 heteroatoms. The highest BCUT2D eigenvalue weighted by atomic mass is 16.3. The summed E-state index contributed by atoms with van der Waals surface area (Å²) in [6.07, 6.45) is 10.0. The number of hydrogen-bond donors (Lipinski definition) is 1. The number of carbonyl (C=O) groups excluding carboxylic acids is 1. The summed E-state index contributed by atoms with van der Waals surface area (Å²) in [4.78, 5) is 9.94. The van der Waals surface area contributed by atoms with Gasteiger partial charge in [0.1, 0.15) is 6.10 Å². The fourth-order valence-electron chi connectivity index (χ4n) is 0.220. The fraction of sp³-hybridized carbons (Fsp3) is 0.500. The average Bonchev–Trinajstić information content (AvgIpc) is 2.16. The van der Waals surface area contributed by atoms with Crippen molar-refractivity contribution in [1.29, 1.82) is 0 Å². The van der Waals surface area contributed by atoms with Crippen LogP contribution in [0.25, 0.3) is 0 Å². The quantitative estimate of drug-likeness (QED) is 0.490. The molecular weight excluding hydrogens is 152 g/mol. The molecule has 0 rings (SSSR count). The lowest BCUT2D eigenvalue weighted by molar-refractivity contribution is -0.113. The Kier molecular flexibility index (Phi) is 10.8. The Morgan fingerprint density at radius 1 is 1.50 bits per heavy atom. The molecule has 0 aromatic rings. The molecule has 0 aromatic carbocycles. The smallest absolute Gasteiger partial charge is 0.204 e. The van der Waals surface area contributed by atoms with Crippen molar-refractivity contribution in [3.63, 3.8) is 0 Å². The zero-order valence-electron chi connectivity index (χ0n) is 7.50. The van der Waals surface area contributed by atoms with Gasteiger partial charge in [-0.25, -0.2) is 0 Å². The van der Waals surface area contributed by atoms with E-state index in [1.807, 2.05) is 12.8 Å². The van der Waals surface area contributed by atoms with Gasteiger partial charge in [0, 0.05) is 6.42 Å². The third kappa shape index (κ3) is 11.5. The molecule has 1 unspecified atom stereocenters. The summed E-state index contributed by atoms with van der Waals surface area (Å²) in [5, 5.41) is 8.43. The highest BCUT2D eigenvalue weighted by molar-refractivity contribution is 5.94. The van der Waals surface area contributed by atoms with E-state index in [0.29, 0.717) is 12.8 Å². The molecule has 66 valence electrons. The van der Waals surface area contributed by atoms with Crippen LogP contribution in [0, 0.1) is 24.7 Å². The normalized spacial score (nSPS) is 9.75. The van der Waals surface area contributed by atoms with Crippen molar-refractivity contribution in [3.8, 4) is 24.7 Å². The van der Waals surface area contributed by atoms with Crippen LogP contribution < -0.4 is 0 Å². The van der Waals surface area contributed by atoms with E-state index in [9.17, 15) is 4.79 Å². The molecule has 0 bridgehead atoms. The molecule has 12 heavy (non-hydrogen) atoms. The van der Waals surface area contributed by atoms with Crippen LogP contribution in [0.5, 0.6) is 0 Å². The van der Waals surface area contributed by atoms with Gasteiger partial charge in [0.2, 0.25) is 5.78 Å². The van der Waals surface area contributed by atoms with Crippen LogP contribution in [0.2, 0.25) is 0 Å². The van der Waals surface area contributed by atoms with Crippen molar-refractivity contribution >= 4 is 5.78 Å². The van der Waals surface area contributed by atoms with Crippen LogP contribution in [0.3, 0.4) is 0 Å². The Bertz CT molecular complexity index is 193. The highest BCUT2D eigenvalue weighted by Crippen LogP contribution is 1.82. The number of aliphatic hydroxyl groups is 1. The van der Waals surface area contributed by atoms with E-state index >= 15 is 0 Å². The van der Waals surface area contributed by atoms with Gasteiger partial charge in [-0.05, 0) is 12.3 Å². The van der Waals surface area contributed by atoms with Crippen LogP contribution in [-0.2, 0) is 4.79 Å². The van der Waals surface area contributed by atoms with Gasteiger partial charge >= 0.3 is 0 Å². The predicted octanol–water partition coefficient (Wildman–Crippen LogP) is 0.989. The van der Waals surface area contributed by atoms with Gasteiger partial charge in [-0.2, -0.15) is 0 Å². The molecular formula is C10H14O2. The lowest BCUT2D eigenvalue weighted by Gasteiger charge is -1.90. The molecule has 0 spiro atoms. The summed E-state index contributed by atoms with van der Waals surface area (Å²) in [7, 11) is 0. The molecule has 1 atom stereocenters. The van der Waals surface area contributed by atoms with Crippen LogP contribution in [0.15, 0.2) is 0 Å². The number of rotatable bonds is 2. The number of aliphatic hydroxyl groups excluding tert-OH is 1. The molecule has 0 heterocycles. The lowest BCUT2D eigenvalue weighted by Crippen LogP contribution is -1.97. The second-order valence-electron chi connectivity index (χ2n) is 2.01. The fourth-order valence-corrected chi connectivity index (χ4v) is 0.220. The second kappa shape index (κ2) is 9.75. The third-order valence-electron chi connectivity index (χ3n) is 1.06. The first-order valence-electron chi connectivity index (χ1n) is 3.75. The Balaban J connectivity index is 0. The van der Waals surface area contributed by atoms with Crippen LogP contribution in [-0.4, -0.2) is 17.0 Å². The molecule has 0 saturated carbocycles. The monoisotopic (exact) mass is 166 g/mol. The second-order valence-corrected chi connectivity index (χ2v) is 2.01. The topological polar surface area (TPSA) is 37.3 Å². The van der Waals surface area contributed by atoms with Gasteiger partial charge in [0.05, 0.1) is 0 Å². The third-order valence-corrected chi connectivity index (χ3v) is 1.06. The maximum absolute atomic E-state index is 9.94. The van der Waals surface area contributed by atoms with E-state index in [2.05, 4.69) is 12.3 Å². The zero-order chi connectivity index (χ0) is 9.98. The number of ketones is 1. The maximum atomic E-state index is 9.94. The number of hydrogen-bond acceptors (Lipinski definition) is 2. The first-order chi connectivity index (χ1) is 5.62.